The van der Waals surface area contributed by atoms with Crippen LogP contribution in [-0.2, 0) is 0 Å². The molecule has 0 bridgehead atoms. The van der Waals surface area contributed by atoms with Crippen LogP contribution in [0.25, 0.3) is 0 Å². The summed E-state index contributed by atoms with van der Waals surface area (Å²) in [7, 11) is 0. The van der Waals surface area contributed by atoms with Crippen LogP contribution in [0.1, 0.15) is 18.5 Å². The average molecular weight is 349 g/mol. The highest BCUT2D eigenvalue weighted by Crippen LogP contribution is 2.31. The number of hydrogen-bond donors (Lipinski definition) is 1. The zero-order valence-corrected chi connectivity index (χ0v) is 13.5. The quantitative estimate of drug-likeness (QED) is 0.877. The molecule has 1 aliphatic heterocycles. The minimum Gasteiger partial charge on any atom is -0.362 e. The fourth-order valence-electron chi connectivity index (χ4n) is 2.83. The second-order valence-electron chi connectivity index (χ2n) is 5.49. The van der Waals surface area contributed by atoms with E-state index in [2.05, 4.69) is 45.2 Å². The third kappa shape index (κ3) is 3.11. The molecular formula is C17H18BrFN2. The van der Waals surface area contributed by atoms with Gasteiger partial charge in [0.05, 0.1) is 10.5 Å². The predicted octanol–water partition coefficient (Wildman–Crippen LogP) is 4.13. The van der Waals surface area contributed by atoms with Crippen molar-refractivity contribution in [1.29, 1.82) is 0 Å². The molecular weight excluding hydrogens is 331 g/mol. The normalized spacial score (nSPS) is 22.3. The second-order valence-corrected chi connectivity index (χ2v) is 6.34. The third-order valence-corrected chi connectivity index (χ3v) is 4.57. The van der Waals surface area contributed by atoms with Crippen LogP contribution in [0.4, 0.5) is 10.1 Å². The molecule has 2 nitrogen and oxygen atoms in total. The van der Waals surface area contributed by atoms with Crippen LogP contribution in [0, 0.1) is 5.82 Å². The monoisotopic (exact) mass is 348 g/mol. The summed E-state index contributed by atoms with van der Waals surface area (Å²) >= 11 is 3.22. The molecule has 2 atom stereocenters. The number of rotatable bonds is 2. The Hall–Kier alpha value is -1.39. The van der Waals surface area contributed by atoms with Gasteiger partial charge in [-0.1, -0.05) is 30.3 Å². The predicted molar refractivity (Wildman–Crippen MR) is 88.1 cm³/mol. The molecule has 2 unspecified atom stereocenters. The first kappa shape index (κ1) is 14.5. The van der Waals surface area contributed by atoms with Gasteiger partial charge in [-0.05, 0) is 46.6 Å². The number of anilines is 1. The summed E-state index contributed by atoms with van der Waals surface area (Å²) in [5.41, 5.74) is 2.18. The van der Waals surface area contributed by atoms with Crippen molar-refractivity contribution in [2.24, 2.45) is 0 Å². The van der Waals surface area contributed by atoms with Crippen molar-refractivity contribution in [3.8, 4) is 0 Å². The zero-order chi connectivity index (χ0) is 14.8. The molecule has 1 fully saturated rings. The Morgan fingerprint density at radius 3 is 2.67 bits per heavy atom. The van der Waals surface area contributed by atoms with Crippen LogP contribution in [-0.4, -0.2) is 19.1 Å². The molecule has 0 aliphatic carbocycles. The van der Waals surface area contributed by atoms with Gasteiger partial charge >= 0.3 is 0 Å². The van der Waals surface area contributed by atoms with E-state index in [1.54, 1.807) is 12.1 Å². The summed E-state index contributed by atoms with van der Waals surface area (Å²) in [4.78, 5) is 2.28. The molecule has 2 aromatic rings. The van der Waals surface area contributed by atoms with E-state index in [-0.39, 0.29) is 11.9 Å². The molecule has 0 spiro atoms. The van der Waals surface area contributed by atoms with Gasteiger partial charge in [-0.2, -0.15) is 0 Å². The lowest BCUT2D eigenvalue weighted by Crippen LogP contribution is -2.51. The minimum atomic E-state index is -0.217. The van der Waals surface area contributed by atoms with E-state index in [0.717, 1.165) is 18.8 Å². The van der Waals surface area contributed by atoms with E-state index in [9.17, 15) is 4.39 Å². The van der Waals surface area contributed by atoms with Crippen molar-refractivity contribution in [3.63, 3.8) is 0 Å². The van der Waals surface area contributed by atoms with Crippen LogP contribution >= 0.6 is 15.9 Å². The smallest absolute Gasteiger partial charge is 0.139 e. The summed E-state index contributed by atoms with van der Waals surface area (Å²) in [6, 6.07) is 16.3. The van der Waals surface area contributed by atoms with Crippen LogP contribution < -0.4 is 10.2 Å². The van der Waals surface area contributed by atoms with Gasteiger partial charge in [0.2, 0.25) is 0 Å². The molecule has 1 N–H and O–H groups in total. The molecule has 1 heterocycles. The average Bonchev–Trinajstić information content (AvgIpc) is 2.51. The lowest BCUT2D eigenvalue weighted by atomic mass is 10.0. The second kappa shape index (κ2) is 6.16. The first-order chi connectivity index (χ1) is 10.1. The van der Waals surface area contributed by atoms with Crippen molar-refractivity contribution in [2.75, 3.05) is 18.0 Å². The molecule has 21 heavy (non-hydrogen) atoms. The zero-order valence-electron chi connectivity index (χ0n) is 11.9. The highest BCUT2D eigenvalue weighted by Gasteiger charge is 2.27. The largest absolute Gasteiger partial charge is 0.362 e. The lowest BCUT2D eigenvalue weighted by molar-refractivity contribution is 0.416. The number of nitrogens with one attached hydrogen (secondary N) is 1. The van der Waals surface area contributed by atoms with Crippen LogP contribution in [0.3, 0.4) is 0 Å². The molecule has 0 aromatic heterocycles. The van der Waals surface area contributed by atoms with Gasteiger partial charge in [0, 0.05) is 24.8 Å². The van der Waals surface area contributed by atoms with Gasteiger partial charge in [-0.15, -0.1) is 0 Å². The summed E-state index contributed by atoms with van der Waals surface area (Å²) in [6.45, 7) is 3.88. The Kier molecular flexibility index (Phi) is 4.27. The summed E-state index contributed by atoms with van der Waals surface area (Å²) in [6.07, 6.45) is 0. The molecule has 0 amide bonds. The SMILES string of the molecule is CC1CN(c2ccc(Br)c(F)c2)C(c2ccccc2)CN1. The number of halogens is 2. The van der Waals surface area contributed by atoms with Gasteiger partial charge in [0.25, 0.3) is 0 Å². The van der Waals surface area contributed by atoms with Crippen molar-refractivity contribution in [3.05, 3.63) is 64.4 Å². The maximum absolute atomic E-state index is 13.9. The molecule has 110 valence electrons. The van der Waals surface area contributed by atoms with Crippen molar-refractivity contribution in [1.82, 2.24) is 5.32 Å². The van der Waals surface area contributed by atoms with E-state index in [1.807, 2.05) is 24.3 Å². The fourth-order valence-corrected chi connectivity index (χ4v) is 3.08. The third-order valence-electron chi connectivity index (χ3n) is 3.93. The fraction of sp³-hybridized carbons (Fsp3) is 0.294. The van der Waals surface area contributed by atoms with Crippen molar-refractivity contribution in [2.45, 2.75) is 19.0 Å². The van der Waals surface area contributed by atoms with Crippen molar-refractivity contribution < 1.29 is 4.39 Å². The Morgan fingerprint density at radius 2 is 1.95 bits per heavy atom. The molecule has 2 aromatic carbocycles. The summed E-state index contributed by atoms with van der Waals surface area (Å²) in [5.74, 6) is -0.217. The Bertz CT molecular complexity index is 617. The Labute approximate surface area is 133 Å². The highest BCUT2D eigenvalue weighted by molar-refractivity contribution is 9.10. The highest BCUT2D eigenvalue weighted by atomic mass is 79.9. The Morgan fingerprint density at radius 1 is 1.19 bits per heavy atom. The topological polar surface area (TPSA) is 15.3 Å². The van der Waals surface area contributed by atoms with E-state index < -0.39 is 0 Å². The van der Waals surface area contributed by atoms with Crippen LogP contribution in [0.15, 0.2) is 53.0 Å². The van der Waals surface area contributed by atoms with Crippen molar-refractivity contribution >= 4 is 21.6 Å². The van der Waals surface area contributed by atoms with Crippen LogP contribution in [0.5, 0.6) is 0 Å². The van der Waals surface area contributed by atoms with Crippen LogP contribution in [0.2, 0.25) is 0 Å². The van der Waals surface area contributed by atoms with Gasteiger partial charge in [0.15, 0.2) is 0 Å². The summed E-state index contributed by atoms with van der Waals surface area (Å²) < 4.78 is 14.4. The van der Waals surface area contributed by atoms with E-state index in [0.29, 0.717) is 10.5 Å². The minimum absolute atomic E-state index is 0.217. The molecule has 4 heteroatoms. The first-order valence-corrected chi connectivity index (χ1v) is 7.94. The lowest BCUT2D eigenvalue weighted by Gasteiger charge is -2.41. The summed E-state index contributed by atoms with van der Waals surface area (Å²) in [5, 5.41) is 3.51. The molecule has 3 rings (SSSR count). The van der Waals surface area contributed by atoms with E-state index in [1.165, 1.54) is 5.56 Å². The van der Waals surface area contributed by atoms with E-state index in [4.69, 9.17) is 0 Å². The maximum atomic E-state index is 13.9. The number of hydrogen-bond acceptors (Lipinski definition) is 2. The Balaban J connectivity index is 1.96. The number of nitrogens with zero attached hydrogens (tertiary/aromatic N) is 1. The number of piperazine rings is 1. The van der Waals surface area contributed by atoms with Gasteiger partial charge < -0.3 is 10.2 Å². The van der Waals surface area contributed by atoms with E-state index >= 15 is 0 Å². The molecule has 0 saturated carbocycles. The molecule has 0 radical (unpaired) electrons. The first-order valence-electron chi connectivity index (χ1n) is 7.15. The van der Waals surface area contributed by atoms with Gasteiger partial charge in [-0.3, -0.25) is 0 Å². The van der Waals surface area contributed by atoms with Gasteiger partial charge in [-0.25, -0.2) is 4.39 Å². The molecule has 1 saturated heterocycles. The molecule has 1 aliphatic rings. The number of benzene rings is 2. The maximum Gasteiger partial charge on any atom is 0.139 e. The standard InChI is InChI=1S/C17H18BrFN2/c1-12-11-21(14-7-8-15(18)16(19)9-14)17(10-20-12)13-5-3-2-4-6-13/h2-9,12,17,20H,10-11H2,1H3. The van der Waals surface area contributed by atoms with Gasteiger partial charge in [0.1, 0.15) is 5.82 Å².